The van der Waals surface area contributed by atoms with E-state index in [4.69, 9.17) is 16.3 Å². The van der Waals surface area contributed by atoms with Gasteiger partial charge in [0.2, 0.25) is 0 Å². The van der Waals surface area contributed by atoms with E-state index in [9.17, 15) is 4.79 Å². The summed E-state index contributed by atoms with van der Waals surface area (Å²) in [6, 6.07) is 15.8. The predicted molar refractivity (Wildman–Crippen MR) is 121 cm³/mol. The number of fused-ring (bicyclic) bond motifs is 3. The van der Waals surface area contributed by atoms with Crippen molar-refractivity contribution in [2.24, 2.45) is 0 Å². The van der Waals surface area contributed by atoms with Crippen LogP contribution in [0, 0.1) is 0 Å². The number of thiophene rings is 1. The number of para-hydroxylation sites is 1. The van der Waals surface area contributed by atoms with Gasteiger partial charge in [-0.1, -0.05) is 29.8 Å². The number of hydrogen-bond acceptors (Lipinski definition) is 4. The van der Waals surface area contributed by atoms with Crippen LogP contribution < -0.4 is 9.64 Å². The third-order valence-electron chi connectivity index (χ3n) is 4.96. The fourth-order valence-electron chi connectivity index (χ4n) is 3.55. The lowest BCUT2D eigenvalue weighted by Gasteiger charge is -2.17. The molecule has 0 atom stereocenters. The van der Waals surface area contributed by atoms with Crippen molar-refractivity contribution in [2.75, 3.05) is 32.6 Å². The van der Waals surface area contributed by atoms with Gasteiger partial charge in [0.1, 0.15) is 5.75 Å². The molecule has 0 aliphatic carbocycles. The minimum absolute atomic E-state index is 0.0529. The maximum Gasteiger partial charge on any atom is 0.268 e. The zero-order valence-electron chi connectivity index (χ0n) is 16.7. The first-order chi connectivity index (χ1) is 13.9. The number of hydrogen-bond donors (Lipinski definition) is 0. The summed E-state index contributed by atoms with van der Waals surface area (Å²) in [7, 11) is 5.87. The Kier molecular flexibility index (Phi) is 5.63. The van der Waals surface area contributed by atoms with Crippen LogP contribution in [0.2, 0.25) is 5.02 Å². The van der Waals surface area contributed by atoms with E-state index in [2.05, 4.69) is 37.2 Å². The third kappa shape index (κ3) is 4.04. The molecule has 2 aromatic carbocycles. The molecule has 2 heterocycles. The lowest BCUT2D eigenvalue weighted by Crippen LogP contribution is -2.25. The Hall–Kier alpha value is -2.34. The number of nitrogens with zero attached hydrogens (tertiary/aromatic N) is 2. The van der Waals surface area contributed by atoms with Gasteiger partial charge in [0.05, 0.1) is 22.2 Å². The number of anilines is 1. The lowest BCUT2D eigenvalue weighted by atomic mass is 10.1. The smallest absolute Gasteiger partial charge is 0.268 e. The first-order valence-corrected chi connectivity index (χ1v) is 10.7. The van der Waals surface area contributed by atoms with E-state index in [-0.39, 0.29) is 5.91 Å². The van der Waals surface area contributed by atoms with E-state index in [1.165, 1.54) is 16.9 Å². The monoisotopic (exact) mass is 426 g/mol. The zero-order valence-corrected chi connectivity index (χ0v) is 18.3. The van der Waals surface area contributed by atoms with Gasteiger partial charge in [-0.3, -0.25) is 4.79 Å². The molecule has 0 N–H and O–H groups in total. The summed E-state index contributed by atoms with van der Waals surface area (Å²) in [6.07, 6.45) is 0.784. The average Bonchev–Trinajstić information content (AvgIpc) is 3.03. The summed E-state index contributed by atoms with van der Waals surface area (Å²) in [5.41, 5.74) is 4.14. The quantitative estimate of drug-likeness (QED) is 0.564. The van der Waals surface area contributed by atoms with Crippen molar-refractivity contribution in [1.29, 1.82) is 0 Å². The van der Waals surface area contributed by atoms with Crippen molar-refractivity contribution < 1.29 is 9.53 Å². The minimum Gasteiger partial charge on any atom is -0.493 e. The molecule has 0 unspecified atom stereocenters. The number of halogens is 1. The molecule has 0 fully saturated rings. The molecule has 0 spiro atoms. The van der Waals surface area contributed by atoms with E-state index in [1.807, 2.05) is 24.3 Å². The molecule has 0 radical (unpaired) electrons. The standard InChI is InChI=1S/C23H23ClN2O2S/c1-25(2)14-15-8-9-17-20(12-15)28-11-10-16-13-21(29-22(16)17)23(27)26(3)19-7-5-4-6-18(19)24/h4-9,12-13H,10-11,14H2,1-3H3. The van der Waals surface area contributed by atoms with Crippen LogP contribution in [0.3, 0.4) is 0 Å². The van der Waals surface area contributed by atoms with Crippen LogP contribution in [0.4, 0.5) is 5.69 Å². The summed E-state index contributed by atoms with van der Waals surface area (Å²) >= 11 is 7.80. The second kappa shape index (κ2) is 8.19. The Morgan fingerprint density at radius 1 is 1.14 bits per heavy atom. The third-order valence-corrected chi connectivity index (χ3v) is 6.47. The fourth-order valence-corrected chi connectivity index (χ4v) is 5.03. The fraction of sp³-hybridized carbons (Fsp3) is 0.261. The van der Waals surface area contributed by atoms with Crippen molar-refractivity contribution in [3.63, 3.8) is 0 Å². The molecule has 1 aliphatic heterocycles. The van der Waals surface area contributed by atoms with Crippen molar-refractivity contribution >= 4 is 34.5 Å². The zero-order chi connectivity index (χ0) is 20.5. The maximum absolute atomic E-state index is 13.1. The van der Waals surface area contributed by atoms with Crippen LogP contribution in [0.25, 0.3) is 10.4 Å². The van der Waals surface area contributed by atoms with Gasteiger partial charge < -0.3 is 14.5 Å². The molecule has 6 heteroatoms. The van der Waals surface area contributed by atoms with E-state index in [1.54, 1.807) is 18.0 Å². The van der Waals surface area contributed by atoms with Crippen LogP contribution in [0.1, 0.15) is 20.8 Å². The van der Waals surface area contributed by atoms with E-state index >= 15 is 0 Å². The van der Waals surface area contributed by atoms with Gasteiger partial charge in [0, 0.05) is 30.5 Å². The van der Waals surface area contributed by atoms with Crippen LogP contribution >= 0.6 is 22.9 Å². The Morgan fingerprint density at radius 2 is 1.93 bits per heavy atom. The molecule has 1 aromatic heterocycles. The van der Waals surface area contributed by atoms with E-state index < -0.39 is 0 Å². The van der Waals surface area contributed by atoms with Gasteiger partial charge >= 0.3 is 0 Å². The molecule has 0 saturated heterocycles. The van der Waals surface area contributed by atoms with Gasteiger partial charge in [-0.15, -0.1) is 11.3 Å². The number of carbonyl (C=O) groups is 1. The summed E-state index contributed by atoms with van der Waals surface area (Å²) < 4.78 is 6.02. The van der Waals surface area contributed by atoms with Crippen molar-refractivity contribution in [3.8, 4) is 16.2 Å². The van der Waals surface area contributed by atoms with Gasteiger partial charge in [0.15, 0.2) is 0 Å². The second-order valence-corrected chi connectivity index (χ2v) is 8.91. The lowest BCUT2D eigenvalue weighted by molar-refractivity contribution is 0.0996. The Morgan fingerprint density at radius 3 is 2.69 bits per heavy atom. The van der Waals surface area contributed by atoms with Crippen molar-refractivity contribution in [1.82, 2.24) is 4.90 Å². The highest BCUT2D eigenvalue weighted by molar-refractivity contribution is 7.17. The van der Waals surface area contributed by atoms with Crippen LogP contribution in [0.15, 0.2) is 48.5 Å². The number of rotatable bonds is 4. The molecule has 1 aliphatic rings. The molecule has 3 aromatic rings. The van der Waals surface area contributed by atoms with Crippen molar-refractivity contribution in [3.05, 3.63) is 69.6 Å². The van der Waals surface area contributed by atoms with Gasteiger partial charge in [-0.25, -0.2) is 0 Å². The molecule has 4 nitrogen and oxygen atoms in total. The molecule has 0 bridgehead atoms. The highest BCUT2D eigenvalue weighted by atomic mass is 35.5. The first kappa shape index (κ1) is 20.0. The Balaban J connectivity index is 1.68. The normalized spacial score (nSPS) is 12.7. The van der Waals surface area contributed by atoms with Crippen LogP contribution in [0.5, 0.6) is 5.75 Å². The largest absolute Gasteiger partial charge is 0.493 e. The first-order valence-electron chi connectivity index (χ1n) is 9.50. The van der Waals surface area contributed by atoms with Gasteiger partial charge in [-0.2, -0.15) is 0 Å². The summed E-state index contributed by atoms with van der Waals surface area (Å²) in [5, 5.41) is 0.564. The number of ether oxygens (including phenoxy) is 1. The molecular formula is C23H23ClN2O2S. The maximum atomic E-state index is 13.1. The molecule has 4 rings (SSSR count). The number of benzene rings is 2. The van der Waals surface area contributed by atoms with Crippen molar-refractivity contribution in [2.45, 2.75) is 13.0 Å². The highest BCUT2D eigenvalue weighted by Crippen LogP contribution is 2.42. The predicted octanol–water partition coefficient (Wildman–Crippen LogP) is 5.34. The van der Waals surface area contributed by atoms with Gasteiger partial charge in [0.25, 0.3) is 5.91 Å². The summed E-state index contributed by atoms with van der Waals surface area (Å²) in [6.45, 7) is 1.47. The van der Waals surface area contributed by atoms with E-state index in [0.717, 1.165) is 34.7 Å². The number of amides is 1. The van der Waals surface area contributed by atoms with E-state index in [0.29, 0.717) is 22.2 Å². The summed E-state index contributed by atoms with van der Waals surface area (Å²) in [5.74, 6) is 0.839. The summed E-state index contributed by atoms with van der Waals surface area (Å²) in [4.78, 5) is 18.7. The van der Waals surface area contributed by atoms with Crippen LogP contribution in [-0.2, 0) is 13.0 Å². The molecule has 29 heavy (non-hydrogen) atoms. The molecular weight excluding hydrogens is 404 g/mol. The average molecular weight is 427 g/mol. The topological polar surface area (TPSA) is 32.8 Å². The van der Waals surface area contributed by atoms with Crippen LogP contribution in [-0.4, -0.2) is 38.6 Å². The number of carbonyl (C=O) groups excluding carboxylic acids is 1. The Bertz CT molecular complexity index is 1060. The molecule has 150 valence electrons. The second-order valence-electron chi connectivity index (χ2n) is 7.45. The molecule has 0 saturated carbocycles. The Labute approximate surface area is 180 Å². The van der Waals surface area contributed by atoms with Gasteiger partial charge in [-0.05, 0) is 55.6 Å². The minimum atomic E-state index is -0.0529. The SMILES string of the molecule is CN(C)Cc1ccc2c(c1)OCCc1cc(C(=O)N(C)c3ccccc3Cl)sc1-2. The molecule has 1 amide bonds. The highest BCUT2D eigenvalue weighted by Gasteiger charge is 2.24.